The van der Waals surface area contributed by atoms with E-state index in [0.29, 0.717) is 17.0 Å². The number of imidazole rings is 1. The third-order valence-corrected chi connectivity index (χ3v) is 3.07. The summed E-state index contributed by atoms with van der Waals surface area (Å²) >= 11 is 0. The predicted octanol–water partition coefficient (Wildman–Crippen LogP) is 2.36. The summed E-state index contributed by atoms with van der Waals surface area (Å²) in [5.41, 5.74) is 2.41. The average molecular weight is 260 g/mol. The van der Waals surface area contributed by atoms with E-state index in [1.807, 2.05) is 25.1 Å². The molecule has 0 bridgehead atoms. The van der Waals surface area contributed by atoms with Crippen molar-refractivity contribution in [2.24, 2.45) is 7.05 Å². The molecule has 0 amide bonds. The number of aryl methyl sites for hydroxylation is 2. The second-order valence-electron chi connectivity index (χ2n) is 4.25. The molecule has 1 heterocycles. The zero-order valence-electron chi connectivity index (χ0n) is 11.2. The number of rotatable bonds is 4. The maximum atomic E-state index is 11.3. The van der Waals surface area contributed by atoms with Crippen molar-refractivity contribution in [1.29, 1.82) is 0 Å². The van der Waals surface area contributed by atoms with Crippen molar-refractivity contribution in [2.45, 2.75) is 13.3 Å². The summed E-state index contributed by atoms with van der Waals surface area (Å²) in [6.07, 6.45) is 2.36. The highest BCUT2D eigenvalue weighted by atomic mass is 16.5. The first-order valence-corrected chi connectivity index (χ1v) is 6.00. The molecule has 0 aliphatic carbocycles. The van der Waals surface area contributed by atoms with Crippen LogP contribution in [0.3, 0.4) is 0 Å². The fourth-order valence-electron chi connectivity index (χ4n) is 2.04. The molecule has 0 fully saturated rings. The zero-order valence-corrected chi connectivity index (χ0v) is 11.2. The van der Waals surface area contributed by atoms with Gasteiger partial charge in [0.25, 0.3) is 0 Å². The molecule has 0 aliphatic heterocycles. The van der Waals surface area contributed by atoms with E-state index >= 15 is 0 Å². The van der Waals surface area contributed by atoms with Crippen molar-refractivity contribution in [3.8, 4) is 17.0 Å². The Morgan fingerprint density at radius 2 is 2.21 bits per heavy atom. The molecule has 2 aromatic rings. The van der Waals surface area contributed by atoms with Crippen LogP contribution in [0.25, 0.3) is 11.3 Å². The molecule has 2 rings (SSSR count). The molecule has 0 saturated heterocycles. The van der Waals surface area contributed by atoms with Gasteiger partial charge in [-0.1, -0.05) is 13.0 Å². The van der Waals surface area contributed by atoms with Crippen molar-refractivity contribution in [3.63, 3.8) is 0 Å². The van der Waals surface area contributed by atoms with Gasteiger partial charge in [0.05, 0.1) is 13.4 Å². The van der Waals surface area contributed by atoms with E-state index < -0.39 is 5.97 Å². The van der Waals surface area contributed by atoms with Gasteiger partial charge in [-0.05, 0) is 24.1 Å². The van der Waals surface area contributed by atoms with Crippen LogP contribution in [-0.2, 0) is 13.5 Å². The Morgan fingerprint density at radius 1 is 1.47 bits per heavy atom. The van der Waals surface area contributed by atoms with Crippen LogP contribution in [0.15, 0.2) is 24.5 Å². The first kappa shape index (κ1) is 13.1. The maximum absolute atomic E-state index is 11.3. The quantitative estimate of drug-likeness (QED) is 0.916. The minimum Gasteiger partial charge on any atom is -0.496 e. The molecular weight excluding hydrogens is 244 g/mol. The Kier molecular flexibility index (Phi) is 3.55. The maximum Gasteiger partial charge on any atom is 0.354 e. The third kappa shape index (κ3) is 2.31. The van der Waals surface area contributed by atoms with Crippen molar-refractivity contribution in [3.05, 3.63) is 35.8 Å². The number of carbonyl (C=O) groups is 1. The van der Waals surface area contributed by atoms with Gasteiger partial charge in [0.15, 0.2) is 5.69 Å². The van der Waals surface area contributed by atoms with Crippen LogP contribution in [0, 0.1) is 0 Å². The molecule has 19 heavy (non-hydrogen) atoms. The highest BCUT2D eigenvalue weighted by molar-refractivity contribution is 5.94. The molecule has 100 valence electrons. The molecule has 0 atom stereocenters. The fraction of sp³-hybridized carbons (Fsp3) is 0.286. The highest BCUT2D eigenvalue weighted by Gasteiger charge is 2.20. The number of methoxy groups -OCH3 is 1. The topological polar surface area (TPSA) is 64.4 Å². The fourth-order valence-corrected chi connectivity index (χ4v) is 2.04. The Bertz CT molecular complexity index is 617. The number of hydrogen-bond donors (Lipinski definition) is 1. The molecule has 0 unspecified atom stereocenters. The van der Waals surface area contributed by atoms with Gasteiger partial charge in [0.1, 0.15) is 11.4 Å². The van der Waals surface area contributed by atoms with Gasteiger partial charge in [-0.25, -0.2) is 9.78 Å². The molecule has 1 aromatic carbocycles. The molecular formula is C14H16N2O3. The molecule has 1 aromatic heterocycles. The van der Waals surface area contributed by atoms with Crippen LogP contribution in [0.2, 0.25) is 0 Å². The number of benzene rings is 1. The largest absolute Gasteiger partial charge is 0.496 e. The van der Waals surface area contributed by atoms with E-state index in [1.165, 1.54) is 10.9 Å². The Morgan fingerprint density at radius 3 is 2.79 bits per heavy atom. The lowest BCUT2D eigenvalue weighted by molar-refractivity contribution is 0.0687. The SMILES string of the molecule is CCc1ccc(OC)c(-c2ncn(C)c2C(=O)O)c1. The molecule has 0 spiro atoms. The second-order valence-corrected chi connectivity index (χ2v) is 4.25. The predicted molar refractivity (Wildman–Crippen MR) is 71.5 cm³/mol. The van der Waals surface area contributed by atoms with Gasteiger partial charge < -0.3 is 14.4 Å². The van der Waals surface area contributed by atoms with Crippen molar-refractivity contribution in [1.82, 2.24) is 9.55 Å². The standard InChI is InChI=1S/C14H16N2O3/c1-4-9-5-6-11(19-3)10(7-9)12-13(14(17)18)16(2)8-15-12/h5-8H,4H2,1-3H3,(H,17,18). The Hall–Kier alpha value is -2.30. The van der Waals surface area contributed by atoms with Crippen LogP contribution in [0.4, 0.5) is 0 Å². The molecule has 0 radical (unpaired) electrons. The molecule has 5 heteroatoms. The van der Waals surface area contributed by atoms with Gasteiger partial charge >= 0.3 is 5.97 Å². The van der Waals surface area contributed by atoms with E-state index in [-0.39, 0.29) is 5.69 Å². The van der Waals surface area contributed by atoms with E-state index in [0.717, 1.165) is 12.0 Å². The van der Waals surface area contributed by atoms with Crippen molar-refractivity contribution in [2.75, 3.05) is 7.11 Å². The second kappa shape index (κ2) is 5.14. The summed E-state index contributed by atoms with van der Waals surface area (Å²) in [6, 6.07) is 5.73. The first-order valence-electron chi connectivity index (χ1n) is 6.00. The van der Waals surface area contributed by atoms with Gasteiger partial charge in [0, 0.05) is 12.6 Å². The normalized spacial score (nSPS) is 10.5. The number of aromatic nitrogens is 2. The average Bonchev–Trinajstić information content (AvgIpc) is 2.79. The first-order chi connectivity index (χ1) is 9.08. The zero-order chi connectivity index (χ0) is 14.0. The third-order valence-electron chi connectivity index (χ3n) is 3.07. The van der Waals surface area contributed by atoms with Crippen molar-refractivity contribution >= 4 is 5.97 Å². The summed E-state index contributed by atoms with van der Waals surface area (Å²) in [5.74, 6) is -0.377. The highest BCUT2D eigenvalue weighted by Crippen LogP contribution is 2.32. The Balaban J connectivity index is 2.67. The number of carboxylic acid groups (broad SMARTS) is 1. The minimum atomic E-state index is -1.00. The summed E-state index contributed by atoms with van der Waals surface area (Å²) in [7, 11) is 3.23. The number of aromatic carboxylic acids is 1. The number of carboxylic acids is 1. The van der Waals surface area contributed by atoms with Crippen LogP contribution < -0.4 is 4.74 Å². The molecule has 0 saturated carbocycles. The van der Waals surface area contributed by atoms with E-state index in [1.54, 1.807) is 14.2 Å². The van der Waals surface area contributed by atoms with Crippen LogP contribution >= 0.6 is 0 Å². The van der Waals surface area contributed by atoms with Gasteiger partial charge in [-0.15, -0.1) is 0 Å². The lowest BCUT2D eigenvalue weighted by Gasteiger charge is -2.09. The molecule has 0 aliphatic rings. The summed E-state index contributed by atoms with van der Waals surface area (Å²) in [6.45, 7) is 2.04. The monoisotopic (exact) mass is 260 g/mol. The van der Waals surface area contributed by atoms with Gasteiger partial charge in [-0.3, -0.25) is 0 Å². The molecule has 5 nitrogen and oxygen atoms in total. The lowest BCUT2D eigenvalue weighted by Crippen LogP contribution is -2.06. The smallest absolute Gasteiger partial charge is 0.354 e. The number of ether oxygens (including phenoxy) is 1. The minimum absolute atomic E-state index is 0.159. The van der Waals surface area contributed by atoms with Crippen molar-refractivity contribution < 1.29 is 14.6 Å². The molecule has 1 N–H and O–H groups in total. The lowest BCUT2D eigenvalue weighted by atomic mass is 10.0. The van der Waals surface area contributed by atoms with Gasteiger partial charge in [0.2, 0.25) is 0 Å². The van der Waals surface area contributed by atoms with Gasteiger partial charge in [-0.2, -0.15) is 0 Å². The number of hydrogen-bond acceptors (Lipinski definition) is 3. The summed E-state index contributed by atoms with van der Waals surface area (Å²) < 4.78 is 6.80. The van der Waals surface area contributed by atoms with E-state index in [4.69, 9.17) is 4.74 Å². The van der Waals surface area contributed by atoms with Crippen LogP contribution in [-0.4, -0.2) is 27.7 Å². The van der Waals surface area contributed by atoms with E-state index in [9.17, 15) is 9.90 Å². The number of nitrogens with zero attached hydrogens (tertiary/aromatic N) is 2. The van der Waals surface area contributed by atoms with E-state index in [2.05, 4.69) is 4.98 Å². The Labute approximate surface area is 111 Å². The van der Waals surface area contributed by atoms with Crippen LogP contribution in [0.5, 0.6) is 5.75 Å². The van der Waals surface area contributed by atoms with Crippen LogP contribution in [0.1, 0.15) is 23.0 Å². The summed E-state index contributed by atoms with van der Waals surface area (Å²) in [5, 5.41) is 9.29. The summed E-state index contributed by atoms with van der Waals surface area (Å²) in [4.78, 5) is 15.5.